The Morgan fingerprint density at radius 1 is 1.62 bits per heavy atom. The number of ether oxygens (including phenoxy) is 1. The van der Waals surface area contributed by atoms with Crippen molar-refractivity contribution in [3.05, 3.63) is 0 Å². The number of amides is 2. The van der Waals surface area contributed by atoms with E-state index in [0.29, 0.717) is 13.1 Å². The molecule has 0 bridgehead atoms. The van der Waals surface area contributed by atoms with Crippen LogP contribution in [-0.2, 0) is 14.3 Å². The van der Waals surface area contributed by atoms with Crippen LogP contribution >= 0.6 is 0 Å². The molecule has 74 valence electrons. The van der Waals surface area contributed by atoms with Gasteiger partial charge in [0.15, 0.2) is 0 Å². The van der Waals surface area contributed by atoms with Crippen LogP contribution in [0.1, 0.15) is 12.8 Å². The Balaban J connectivity index is 2.37. The number of carbonyl (C=O) groups is 2. The maximum Gasteiger partial charge on any atom is 0.232 e. The Bertz CT molecular complexity index is 217. The highest BCUT2D eigenvalue weighted by atomic mass is 16.5. The average molecular weight is 186 g/mol. The molecule has 1 rings (SSSR count). The van der Waals surface area contributed by atoms with Gasteiger partial charge in [0.05, 0.1) is 6.10 Å². The normalized spacial score (nSPS) is 21.9. The third kappa shape index (κ3) is 2.69. The molecule has 1 aliphatic heterocycles. The van der Waals surface area contributed by atoms with Crippen LogP contribution in [0.5, 0.6) is 0 Å². The first-order valence-corrected chi connectivity index (χ1v) is 4.22. The molecule has 1 aliphatic rings. The van der Waals surface area contributed by atoms with Crippen LogP contribution in [-0.4, -0.2) is 43.0 Å². The monoisotopic (exact) mass is 186 g/mol. The van der Waals surface area contributed by atoms with E-state index in [1.807, 2.05) is 0 Å². The van der Waals surface area contributed by atoms with E-state index in [0.717, 1.165) is 6.42 Å². The molecule has 5 heteroatoms. The molecule has 0 radical (unpaired) electrons. The first kappa shape index (κ1) is 9.98. The van der Waals surface area contributed by atoms with E-state index in [1.165, 1.54) is 0 Å². The second-order valence-electron chi connectivity index (χ2n) is 3.13. The summed E-state index contributed by atoms with van der Waals surface area (Å²) in [4.78, 5) is 23.4. The second kappa shape index (κ2) is 4.23. The fourth-order valence-electron chi connectivity index (χ4n) is 1.41. The van der Waals surface area contributed by atoms with Crippen molar-refractivity contribution < 1.29 is 14.3 Å². The van der Waals surface area contributed by atoms with Gasteiger partial charge in [-0.25, -0.2) is 0 Å². The molecular formula is C8H14N2O3. The molecule has 2 amide bonds. The summed E-state index contributed by atoms with van der Waals surface area (Å²) >= 11 is 0. The fourth-order valence-corrected chi connectivity index (χ4v) is 1.41. The van der Waals surface area contributed by atoms with E-state index >= 15 is 0 Å². The number of methoxy groups -OCH3 is 1. The maximum absolute atomic E-state index is 11.3. The largest absolute Gasteiger partial charge is 0.380 e. The zero-order chi connectivity index (χ0) is 9.84. The van der Waals surface area contributed by atoms with Crippen LogP contribution in [0.25, 0.3) is 0 Å². The van der Waals surface area contributed by atoms with E-state index in [1.54, 1.807) is 12.0 Å². The van der Waals surface area contributed by atoms with E-state index in [-0.39, 0.29) is 18.4 Å². The van der Waals surface area contributed by atoms with Gasteiger partial charge in [0.1, 0.15) is 6.42 Å². The lowest BCUT2D eigenvalue weighted by atomic mass is 10.3. The summed E-state index contributed by atoms with van der Waals surface area (Å²) in [6.45, 7) is 1.23. The standard InChI is InChI=1S/C8H14N2O3/c1-13-6-2-3-10(5-6)8(12)4-7(9)11/h6H,2-5H2,1H3,(H2,9,11). The molecule has 1 fully saturated rings. The minimum absolute atomic E-state index is 0.108. The summed E-state index contributed by atoms with van der Waals surface area (Å²) in [5.74, 6) is -0.780. The van der Waals surface area contributed by atoms with Gasteiger partial charge in [-0.2, -0.15) is 0 Å². The molecule has 0 saturated carbocycles. The van der Waals surface area contributed by atoms with Gasteiger partial charge in [-0.3, -0.25) is 9.59 Å². The van der Waals surface area contributed by atoms with Gasteiger partial charge in [-0.15, -0.1) is 0 Å². The number of rotatable bonds is 3. The van der Waals surface area contributed by atoms with Crippen molar-refractivity contribution in [2.45, 2.75) is 18.9 Å². The summed E-state index contributed by atoms with van der Waals surface area (Å²) in [6, 6.07) is 0. The van der Waals surface area contributed by atoms with Crippen LogP contribution in [0.4, 0.5) is 0 Å². The van der Waals surface area contributed by atoms with E-state index in [4.69, 9.17) is 10.5 Å². The topological polar surface area (TPSA) is 72.6 Å². The molecule has 0 aliphatic carbocycles. The highest BCUT2D eigenvalue weighted by molar-refractivity contribution is 5.96. The molecule has 1 unspecified atom stereocenters. The smallest absolute Gasteiger partial charge is 0.232 e. The number of primary amides is 1. The van der Waals surface area contributed by atoms with Crippen molar-refractivity contribution >= 4 is 11.8 Å². The summed E-state index contributed by atoms with van der Waals surface area (Å²) < 4.78 is 5.09. The van der Waals surface area contributed by atoms with E-state index in [9.17, 15) is 9.59 Å². The number of hydrogen-bond acceptors (Lipinski definition) is 3. The lowest BCUT2D eigenvalue weighted by Gasteiger charge is -2.14. The van der Waals surface area contributed by atoms with Gasteiger partial charge >= 0.3 is 0 Å². The van der Waals surface area contributed by atoms with Crippen LogP contribution < -0.4 is 5.73 Å². The predicted octanol–water partition coefficient (Wildman–Crippen LogP) is -0.891. The zero-order valence-corrected chi connectivity index (χ0v) is 7.66. The van der Waals surface area contributed by atoms with Crippen LogP contribution in [0, 0.1) is 0 Å². The molecule has 0 aromatic rings. The SMILES string of the molecule is COC1CCN(C(=O)CC(N)=O)C1. The van der Waals surface area contributed by atoms with Crippen molar-refractivity contribution in [2.24, 2.45) is 5.73 Å². The molecule has 1 saturated heterocycles. The third-order valence-corrected chi connectivity index (χ3v) is 2.16. The Kier molecular flexibility index (Phi) is 3.25. The molecule has 0 aromatic heterocycles. The van der Waals surface area contributed by atoms with Crippen molar-refractivity contribution in [2.75, 3.05) is 20.2 Å². The Morgan fingerprint density at radius 2 is 2.31 bits per heavy atom. The van der Waals surface area contributed by atoms with Gasteiger partial charge in [-0.1, -0.05) is 0 Å². The molecule has 1 atom stereocenters. The summed E-state index contributed by atoms with van der Waals surface area (Å²) in [7, 11) is 1.62. The Hall–Kier alpha value is -1.10. The minimum atomic E-state index is -0.578. The van der Waals surface area contributed by atoms with Crippen molar-refractivity contribution in [3.8, 4) is 0 Å². The van der Waals surface area contributed by atoms with Crippen molar-refractivity contribution in [3.63, 3.8) is 0 Å². The predicted molar refractivity (Wildman–Crippen MR) is 45.8 cm³/mol. The van der Waals surface area contributed by atoms with Crippen molar-refractivity contribution in [1.82, 2.24) is 4.90 Å². The van der Waals surface area contributed by atoms with Gasteiger partial charge in [0, 0.05) is 20.2 Å². The third-order valence-electron chi connectivity index (χ3n) is 2.16. The zero-order valence-electron chi connectivity index (χ0n) is 7.66. The molecular weight excluding hydrogens is 172 g/mol. The number of carbonyl (C=O) groups excluding carboxylic acids is 2. The van der Waals surface area contributed by atoms with E-state index in [2.05, 4.69) is 0 Å². The van der Waals surface area contributed by atoms with Gasteiger partial charge in [0.2, 0.25) is 11.8 Å². The van der Waals surface area contributed by atoms with Gasteiger partial charge in [-0.05, 0) is 6.42 Å². The van der Waals surface area contributed by atoms with Crippen molar-refractivity contribution in [1.29, 1.82) is 0 Å². The molecule has 5 nitrogen and oxygen atoms in total. The number of likely N-dealkylation sites (tertiary alicyclic amines) is 1. The number of nitrogens with two attached hydrogens (primary N) is 1. The molecule has 13 heavy (non-hydrogen) atoms. The maximum atomic E-state index is 11.3. The average Bonchev–Trinajstić information content (AvgIpc) is 2.50. The van der Waals surface area contributed by atoms with Crippen LogP contribution in [0.15, 0.2) is 0 Å². The lowest BCUT2D eigenvalue weighted by Crippen LogP contribution is -2.33. The highest BCUT2D eigenvalue weighted by Gasteiger charge is 2.26. The quantitative estimate of drug-likeness (QED) is 0.581. The van der Waals surface area contributed by atoms with Gasteiger partial charge in [0.25, 0.3) is 0 Å². The minimum Gasteiger partial charge on any atom is -0.380 e. The molecule has 0 spiro atoms. The summed E-state index contributed by atoms with van der Waals surface area (Å²) in [6.07, 6.45) is 0.745. The van der Waals surface area contributed by atoms with Crippen LogP contribution in [0.2, 0.25) is 0 Å². The summed E-state index contributed by atoms with van der Waals surface area (Å²) in [5, 5.41) is 0. The highest BCUT2D eigenvalue weighted by Crippen LogP contribution is 2.12. The lowest BCUT2D eigenvalue weighted by molar-refractivity contribution is -0.134. The van der Waals surface area contributed by atoms with Crippen LogP contribution in [0.3, 0.4) is 0 Å². The Morgan fingerprint density at radius 3 is 2.77 bits per heavy atom. The molecule has 1 heterocycles. The first-order valence-electron chi connectivity index (χ1n) is 4.22. The van der Waals surface area contributed by atoms with Gasteiger partial charge < -0.3 is 15.4 Å². The Labute approximate surface area is 76.8 Å². The first-order chi connectivity index (χ1) is 6.13. The second-order valence-corrected chi connectivity index (χ2v) is 3.13. The number of nitrogens with zero attached hydrogens (tertiary/aromatic N) is 1. The summed E-state index contributed by atoms with van der Waals surface area (Å²) in [5.41, 5.74) is 4.91. The fraction of sp³-hybridized carbons (Fsp3) is 0.750. The molecule has 2 N–H and O–H groups in total. The van der Waals surface area contributed by atoms with E-state index < -0.39 is 5.91 Å². The molecule has 0 aromatic carbocycles. The number of hydrogen-bond donors (Lipinski definition) is 1.